The van der Waals surface area contributed by atoms with Crippen molar-refractivity contribution < 1.29 is 14.3 Å². The molecule has 0 spiro atoms. The van der Waals surface area contributed by atoms with Crippen molar-refractivity contribution >= 4 is 34.8 Å². The standard InChI is InChI=1S/C24H24ClN3O3S/c1-31-21-10-9-16(12-19(21)25)13-22(29)28-11-5-8-20(28)23(30)26-14-18-15-32-24(27-18)17-6-3-2-4-7-17/h2-4,6-7,9-10,12,15,20H,5,8,11,13-14H2,1H3,(H,26,30). The average Bonchev–Trinajstić information content (AvgIpc) is 3.48. The predicted octanol–water partition coefficient (Wildman–Crippen LogP) is 4.32. The minimum Gasteiger partial charge on any atom is -0.495 e. The van der Waals surface area contributed by atoms with Crippen LogP contribution >= 0.6 is 22.9 Å². The Kier molecular flexibility index (Phi) is 7.07. The lowest BCUT2D eigenvalue weighted by Crippen LogP contribution is -2.46. The number of methoxy groups -OCH3 is 1. The minimum absolute atomic E-state index is 0.0797. The van der Waals surface area contributed by atoms with Gasteiger partial charge in [0.2, 0.25) is 11.8 Å². The molecule has 1 atom stereocenters. The molecule has 8 heteroatoms. The Hall–Kier alpha value is -2.90. The lowest BCUT2D eigenvalue weighted by molar-refractivity contribution is -0.138. The molecule has 0 aliphatic carbocycles. The van der Waals surface area contributed by atoms with Crippen molar-refractivity contribution in [3.8, 4) is 16.3 Å². The van der Waals surface area contributed by atoms with E-state index in [9.17, 15) is 9.59 Å². The highest BCUT2D eigenvalue weighted by Crippen LogP contribution is 2.26. The van der Waals surface area contributed by atoms with Gasteiger partial charge in [0.15, 0.2) is 0 Å². The summed E-state index contributed by atoms with van der Waals surface area (Å²) in [6.07, 6.45) is 1.66. The van der Waals surface area contributed by atoms with Crippen molar-refractivity contribution in [2.75, 3.05) is 13.7 Å². The van der Waals surface area contributed by atoms with Crippen molar-refractivity contribution in [3.63, 3.8) is 0 Å². The molecule has 166 valence electrons. The van der Waals surface area contributed by atoms with Gasteiger partial charge in [-0.05, 0) is 30.5 Å². The lowest BCUT2D eigenvalue weighted by atomic mass is 10.1. The maximum Gasteiger partial charge on any atom is 0.243 e. The van der Waals surface area contributed by atoms with Gasteiger partial charge in [-0.2, -0.15) is 0 Å². The molecule has 1 aliphatic heterocycles. The number of halogens is 1. The highest BCUT2D eigenvalue weighted by Gasteiger charge is 2.33. The zero-order chi connectivity index (χ0) is 22.5. The first kappa shape index (κ1) is 22.3. The monoisotopic (exact) mass is 469 g/mol. The molecule has 0 radical (unpaired) electrons. The number of thiazole rings is 1. The lowest BCUT2D eigenvalue weighted by Gasteiger charge is -2.24. The summed E-state index contributed by atoms with van der Waals surface area (Å²) in [7, 11) is 1.55. The van der Waals surface area contributed by atoms with Gasteiger partial charge in [-0.1, -0.05) is 48.0 Å². The first-order valence-electron chi connectivity index (χ1n) is 10.4. The van der Waals surface area contributed by atoms with E-state index >= 15 is 0 Å². The number of carbonyl (C=O) groups is 2. The third-order valence-corrected chi connectivity index (χ3v) is 6.70. The fourth-order valence-corrected chi connectivity index (χ4v) is 4.94. The Bertz CT molecular complexity index is 1100. The summed E-state index contributed by atoms with van der Waals surface area (Å²) >= 11 is 7.72. The molecule has 3 aromatic rings. The smallest absolute Gasteiger partial charge is 0.243 e. The highest BCUT2D eigenvalue weighted by molar-refractivity contribution is 7.13. The van der Waals surface area contributed by atoms with Gasteiger partial charge in [-0.15, -0.1) is 11.3 Å². The maximum absolute atomic E-state index is 12.9. The second-order valence-electron chi connectivity index (χ2n) is 7.62. The molecule has 0 saturated carbocycles. The Balaban J connectivity index is 1.34. The van der Waals surface area contributed by atoms with E-state index in [-0.39, 0.29) is 18.2 Å². The van der Waals surface area contributed by atoms with E-state index in [1.54, 1.807) is 35.5 Å². The number of hydrogen-bond donors (Lipinski definition) is 1. The van der Waals surface area contributed by atoms with Crippen molar-refractivity contribution in [2.45, 2.75) is 31.8 Å². The third-order valence-electron chi connectivity index (χ3n) is 5.46. The van der Waals surface area contributed by atoms with Gasteiger partial charge in [-0.25, -0.2) is 4.98 Å². The van der Waals surface area contributed by atoms with Gasteiger partial charge < -0.3 is 15.0 Å². The zero-order valence-electron chi connectivity index (χ0n) is 17.7. The van der Waals surface area contributed by atoms with E-state index in [4.69, 9.17) is 16.3 Å². The Labute approximate surface area is 196 Å². The molecule has 2 aromatic carbocycles. The number of rotatable bonds is 7. The number of nitrogens with one attached hydrogen (secondary N) is 1. The largest absolute Gasteiger partial charge is 0.495 e. The van der Waals surface area contributed by atoms with Crippen molar-refractivity contribution in [1.82, 2.24) is 15.2 Å². The first-order chi connectivity index (χ1) is 15.5. The van der Waals surface area contributed by atoms with Crippen LogP contribution in [0.2, 0.25) is 5.02 Å². The molecule has 6 nitrogen and oxygen atoms in total. The molecule has 1 aromatic heterocycles. The van der Waals surface area contributed by atoms with Crippen molar-refractivity contribution in [2.24, 2.45) is 0 Å². The molecule has 1 aliphatic rings. The van der Waals surface area contributed by atoms with E-state index in [0.717, 1.165) is 28.2 Å². The van der Waals surface area contributed by atoms with Gasteiger partial charge in [0.25, 0.3) is 0 Å². The molecule has 1 fully saturated rings. The third kappa shape index (κ3) is 5.11. The van der Waals surface area contributed by atoms with Crippen molar-refractivity contribution in [1.29, 1.82) is 0 Å². The van der Waals surface area contributed by atoms with Crippen LogP contribution in [0.25, 0.3) is 10.6 Å². The maximum atomic E-state index is 12.9. The van der Waals surface area contributed by atoms with Crippen LogP contribution in [-0.4, -0.2) is 41.4 Å². The Morgan fingerprint density at radius 2 is 2.06 bits per heavy atom. The summed E-state index contributed by atoms with van der Waals surface area (Å²) in [4.78, 5) is 32.0. The summed E-state index contributed by atoms with van der Waals surface area (Å²) in [6, 6.07) is 14.8. The van der Waals surface area contributed by atoms with Gasteiger partial charge in [0.05, 0.1) is 30.8 Å². The number of likely N-dealkylation sites (tertiary alicyclic amines) is 1. The summed E-state index contributed by atoms with van der Waals surface area (Å²) in [5.74, 6) is 0.348. The molecule has 1 unspecified atom stereocenters. The fraction of sp³-hybridized carbons (Fsp3) is 0.292. The molecule has 32 heavy (non-hydrogen) atoms. The molecule has 2 heterocycles. The normalized spacial score (nSPS) is 15.6. The number of hydrogen-bond acceptors (Lipinski definition) is 5. The van der Waals surface area contributed by atoms with E-state index < -0.39 is 6.04 Å². The SMILES string of the molecule is COc1ccc(CC(=O)N2CCCC2C(=O)NCc2csc(-c3ccccc3)n2)cc1Cl. The highest BCUT2D eigenvalue weighted by atomic mass is 35.5. The number of nitrogens with zero attached hydrogens (tertiary/aromatic N) is 2. The van der Waals surface area contributed by atoms with Crippen LogP contribution in [0.3, 0.4) is 0 Å². The van der Waals surface area contributed by atoms with Crippen LogP contribution in [-0.2, 0) is 22.6 Å². The zero-order valence-corrected chi connectivity index (χ0v) is 19.3. The Morgan fingerprint density at radius 1 is 1.25 bits per heavy atom. The topological polar surface area (TPSA) is 71.5 Å². The van der Waals surface area contributed by atoms with E-state index in [1.165, 1.54) is 0 Å². The van der Waals surface area contributed by atoms with E-state index in [2.05, 4.69) is 10.3 Å². The summed E-state index contributed by atoms with van der Waals surface area (Å²) < 4.78 is 5.16. The minimum atomic E-state index is -0.455. The Morgan fingerprint density at radius 3 is 2.81 bits per heavy atom. The molecular weight excluding hydrogens is 446 g/mol. The molecule has 0 bridgehead atoms. The summed E-state index contributed by atoms with van der Waals surface area (Å²) in [5.41, 5.74) is 2.66. The van der Waals surface area contributed by atoms with Gasteiger partial charge in [-0.3, -0.25) is 9.59 Å². The van der Waals surface area contributed by atoms with E-state index in [1.807, 2.05) is 41.8 Å². The van der Waals surface area contributed by atoms with Crippen LogP contribution in [0, 0.1) is 0 Å². The van der Waals surface area contributed by atoms with Crippen LogP contribution in [0.4, 0.5) is 0 Å². The molecule has 1 saturated heterocycles. The molecule has 4 rings (SSSR count). The van der Waals surface area contributed by atoms with Gasteiger partial charge in [0.1, 0.15) is 16.8 Å². The summed E-state index contributed by atoms with van der Waals surface area (Å²) in [5, 5.41) is 6.29. The fourth-order valence-electron chi connectivity index (χ4n) is 3.83. The van der Waals surface area contributed by atoms with Gasteiger partial charge >= 0.3 is 0 Å². The first-order valence-corrected chi connectivity index (χ1v) is 11.7. The van der Waals surface area contributed by atoms with Crippen LogP contribution in [0.1, 0.15) is 24.1 Å². The van der Waals surface area contributed by atoms with Crippen molar-refractivity contribution in [3.05, 3.63) is 70.2 Å². The van der Waals surface area contributed by atoms with Gasteiger partial charge in [0, 0.05) is 17.5 Å². The van der Waals surface area contributed by atoms with E-state index in [0.29, 0.717) is 30.3 Å². The quantitative estimate of drug-likeness (QED) is 0.559. The molecule has 1 N–H and O–H groups in total. The summed E-state index contributed by atoms with van der Waals surface area (Å²) in [6.45, 7) is 0.921. The number of amides is 2. The molecule has 2 amide bonds. The van der Waals surface area contributed by atoms with Crippen LogP contribution in [0.15, 0.2) is 53.9 Å². The number of benzene rings is 2. The average molecular weight is 470 g/mol. The second kappa shape index (κ2) is 10.1. The number of aromatic nitrogens is 1. The predicted molar refractivity (Wildman–Crippen MR) is 126 cm³/mol. The number of carbonyl (C=O) groups excluding carboxylic acids is 2. The number of ether oxygens (including phenoxy) is 1. The van der Waals surface area contributed by atoms with Crippen LogP contribution in [0.5, 0.6) is 5.75 Å². The molecular formula is C24H24ClN3O3S. The van der Waals surface area contributed by atoms with Crippen LogP contribution < -0.4 is 10.1 Å². The second-order valence-corrected chi connectivity index (χ2v) is 8.88.